The third kappa shape index (κ3) is 4.20. The summed E-state index contributed by atoms with van der Waals surface area (Å²) < 4.78 is 15.2. The molecule has 192 valence electrons. The first kappa shape index (κ1) is 23.5. The Balaban J connectivity index is 1.19. The summed E-state index contributed by atoms with van der Waals surface area (Å²) in [5, 5.41) is 15.0. The van der Waals surface area contributed by atoms with Gasteiger partial charge in [-0.1, -0.05) is 18.2 Å². The second kappa shape index (κ2) is 8.98. The summed E-state index contributed by atoms with van der Waals surface area (Å²) in [5.74, 6) is 1.23. The van der Waals surface area contributed by atoms with E-state index in [0.717, 1.165) is 72.9 Å². The van der Waals surface area contributed by atoms with Gasteiger partial charge in [-0.05, 0) is 114 Å². The topological polar surface area (TPSA) is 64.9 Å². The highest BCUT2D eigenvalue weighted by atomic mass is 32.2. The lowest BCUT2D eigenvalue weighted by molar-refractivity contribution is -0.113. The van der Waals surface area contributed by atoms with Gasteiger partial charge in [0.1, 0.15) is 0 Å². The molecule has 2 aromatic rings. The molecule has 0 radical (unpaired) electrons. The summed E-state index contributed by atoms with van der Waals surface area (Å²) in [4.78, 5) is 19.7. The fourth-order valence-electron chi connectivity index (χ4n) is 7.96. The molecule has 2 heterocycles. The molecule has 0 unspecified atom stereocenters. The van der Waals surface area contributed by atoms with Gasteiger partial charge in [0.25, 0.3) is 5.91 Å². The van der Waals surface area contributed by atoms with Gasteiger partial charge in [0.2, 0.25) is 0 Å². The molecule has 5 nitrogen and oxygen atoms in total. The van der Waals surface area contributed by atoms with Crippen LogP contribution in [0.1, 0.15) is 49.7 Å². The molecule has 4 saturated carbocycles. The van der Waals surface area contributed by atoms with E-state index in [9.17, 15) is 9.90 Å². The summed E-state index contributed by atoms with van der Waals surface area (Å²) in [7, 11) is 0. The van der Waals surface area contributed by atoms with Gasteiger partial charge in [0.05, 0.1) is 4.91 Å². The number of phenolic OH excluding ortho intramolecular Hbond substituents is 1. The van der Waals surface area contributed by atoms with Crippen molar-refractivity contribution in [3.05, 3.63) is 58.2 Å². The van der Waals surface area contributed by atoms with Gasteiger partial charge in [-0.15, -0.1) is 0 Å². The predicted octanol–water partition coefficient (Wildman–Crippen LogP) is 5.54. The van der Waals surface area contributed by atoms with E-state index in [1.165, 1.54) is 37.1 Å². The van der Waals surface area contributed by atoms with Crippen LogP contribution in [0.2, 0.25) is 0 Å². The van der Waals surface area contributed by atoms with E-state index in [1.807, 2.05) is 36.4 Å². The fourth-order valence-corrected chi connectivity index (χ4v) is 8.92. The zero-order valence-electron chi connectivity index (χ0n) is 20.9. The average molecular weight is 518 g/mol. The standard InChI is InChI=1S/C30H32FN3O2S/c31-25-14-23(13-24(27(25)35)30-15-19-8-20(16-30)10-21(9-19)17-30)22-3-1-2-18(11-22)12-26-28(36)33-29(37-26)34-6-4-32-5-7-34/h1-3,11-14,19-21,32,35H,4-10,15-17H2/b26-12-. The van der Waals surface area contributed by atoms with Crippen molar-refractivity contribution in [1.29, 1.82) is 0 Å². The van der Waals surface area contributed by atoms with Crippen LogP contribution in [0.4, 0.5) is 4.39 Å². The number of benzene rings is 2. The summed E-state index contributed by atoms with van der Waals surface area (Å²) in [6, 6.07) is 11.4. The monoisotopic (exact) mass is 517 g/mol. The van der Waals surface area contributed by atoms with E-state index in [-0.39, 0.29) is 17.1 Å². The molecule has 2 N–H and O–H groups in total. The zero-order valence-corrected chi connectivity index (χ0v) is 21.7. The molecular formula is C30H32FN3O2S. The van der Waals surface area contributed by atoms with Crippen LogP contribution in [-0.2, 0) is 10.2 Å². The summed E-state index contributed by atoms with van der Waals surface area (Å²) >= 11 is 1.43. The Morgan fingerprint density at radius 2 is 1.73 bits per heavy atom. The highest BCUT2D eigenvalue weighted by Gasteiger charge is 2.52. The molecule has 4 bridgehead atoms. The molecular weight excluding hydrogens is 485 g/mol. The Hall–Kier alpha value is -2.64. The number of amides is 1. The summed E-state index contributed by atoms with van der Waals surface area (Å²) in [6.45, 7) is 3.48. The van der Waals surface area contributed by atoms with Crippen molar-refractivity contribution < 1.29 is 14.3 Å². The van der Waals surface area contributed by atoms with Crippen LogP contribution in [0.5, 0.6) is 5.75 Å². The molecule has 6 aliphatic rings. The summed E-state index contributed by atoms with van der Waals surface area (Å²) in [5.41, 5.74) is 3.26. The first-order chi connectivity index (χ1) is 18.0. The van der Waals surface area contributed by atoms with Crippen LogP contribution in [0, 0.1) is 23.6 Å². The average Bonchev–Trinajstić information content (AvgIpc) is 3.25. The number of hydrogen-bond acceptors (Lipinski definition) is 5. The third-order valence-corrected chi connectivity index (χ3v) is 10.2. The number of nitrogens with zero attached hydrogens (tertiary/aromatic N) is 2. The lowest BCUT2D eigenvalue weighted by atomic mass is 9.48. The second-order valence-electron chi connectivity index (χ2n) is 11.7. The van der Waals surface area contributed by atoms with Gasteiger partial charge < -0.3 is 15.3 Å². The molecule has 0 spiro atoms. The molecule has 0 atom stereocenters. The van der Waals surface area contributed by atoms with E-state index in [1.54, 1.807) is 0 Å². The van der Waals surface area contributed by atoms with Crippen LogP contribution in [0.3, 0.4) is 0 Å². The van der Waals surface area contributed by atoms with E-state index in [0.29, 0.717) is 22.7 Å². The minimum Gasteiger partial charge on any atom is -0.505 e. The summed E-state index contributed by atoms with van der Waals surface area (Å²) in [6.07, 6.45) is 8.98. The minimum absolute atomic E-state index is 0.0973. The zero-order chi connectivity index (χ0) is 25.1. The maximum Gasteiger partial charge on any atom is 0.286 e. The van der Waals surface area contributed by atoms with Crippen LogP contribution in [0.15, 0.2) is 46.3 Å². The van der Waals surface area contributed by atoms with Crippen molar-refractivity contribution in [2.45, 2.75) is 43.9 Å². The molecule has 2 aromatic carbocycles. The molecule has 0 aromatic heterocycles. The van der Waals surface area contributed by atoms with Crippen molar-refractivity contribution in [2.75, 3.05) is 26.2 Å². The van der Waals surface area contributed by atoms with E-state index in [4.69, 9.17) is 0 Å². The van der Waals surface area contributed by atoms with E-state index >= 15 is 4.39 Å². The van der Waals surface area contributed by atoms with Gasteiger partial charge in [-0.2, -0.15) is 4.99 Å². The SMILES string of the molecule is O=C1N=C(N2CCNCC2)S/C1=C\c1cccc(-c2cc(F)c(O)c(C34CC5CC(CC(C5)C3)C4)c2)c1. The van der Waals surface area contributed by atoms with Crippen molar-refractivity contribution >= 4 is 28.9 Å². The van der Waals surface area contributed by atoms with Gasteiger partial charge in [-0.3, -0.25) is 4.79 Å². The highest BCUT2D eigenvalue weighted by Crippen LogP contribution is 2.62. The van der Waals surface area contributed by atoms with Crippen molar-refractivity contribution in [3.63, 3.8) is 0 Å². The molecule has 4 aliphatic carbocycles. The lowest BCUT2D eigenvalue weighted by Crippen LogP contribution is -2.48. The Morgan fingerprint density at radius 1 is 1.03 bits per heavy atom. The van der Waals surface area contributed by atoms with Gasteiger partial charge in [0.15, 0.2) is 16.7 Å². The number of phenols is 1. The van der Waals surface area contributed by atoms with Crippen molar-refractivity contribution in [3.8, 4) is 16.9 Å². The molecule has 8 rings (SSSR count). The first-order valence-electron chi connectivity index (χ1n) is 13.6. The van der Waals surface area contributed by atoms with Crippen LogP contribution in [-0.4, -0.2) is 47.3 Å². The molecule has 2 aliphatic heterocycles. The molecule has 37 heavy (non-hydrogen) atoms. The number of carbonyl (C=O) groups is 1. The fraction of sp³-hybridized carbons (Fsp3) is 0.467. The number of rotatable bonds is 3. The first-order valence-corrected chi connectivity index (χ1v) is 14.4. The molecule has 1 amide bonds. The number of nitrogens with one attached hydrogen (secondary N) is 1. The predicted molar refractivity (Wildman–Crippen MR) is 146 cm³/mol. The lowest BCUT2D eigenvalue weighted by Gasteiger charge is -2.57. The normalized spacial score (nSPS) is 31.9. The third-order valence-electron chi connectivity index (χ3n) is 9.19. The number of aliphatic imine (C=N–C) groups is 1. The molecule has 7 heteroatoms. The number of carbonyl (C=O) groups excluding carboxylic acids is 1. The maximum absolute atomic E-state index is 15.2. The van der Waals surface area contributed by atoms with Gasteiger partial charge in [-0.25, -0.2) is 4.39 Å². The number of piperazine rings is 1. The number of halogens is 1. The Kier molecular flexibility index (Phi) is 5.70. The molecule has 1 saturated heterocycles. The molecule has 5 fully saturated rings. The number of aromatic hydroxyl groups is 1. The smallest absolute Gasteiger partial charge is 0.286 e. The number of thioether (sulfide) groups is 1. The Labute approximate surface area is 221 Å². The second-order valence-corrected chi connectivity index (χ2v) is 12.7. The maximum atomic E-state index is 15.2. The minimum atomic E-state index is -0.539. The Morgan fingerprint density at radius 3 is 2.43 bits per heavy atom. The van der Waals surface area contributed by atoms with Crippen molar-refractivity contribution in [1.82, 2.24) is 10.2 Å². The van der Waals surface area contributed by atoms with E-state index < -0.39 is 5.82 Å². The van der Waals surface area contributed by atoms with Gasteiger partial charge >= 0.3 is 0 Å². The van der Waals surface area contributed by atoms with Crippen molar-refractivity contribution in [2.24, 2.45) is 22.7 Å². The number of hydrogen-bond donors (Lipinski definition) is 2. The van der Waals surface area contributed by atoms with Crippen LogP contribution in [0.25, 0.3) is 17.2 Å². The quantitative estimate of drug-likeness (QED) is 0.524. The van der Waals surface area contributed by atoms with Crippen LogP contribution >= 0.6 is 11.8 Å². The van der Waals surface area contributed by atoms with Gasteiger partial charge in [0, 0.05) is 31.7 Å². The van der Waals surface area contributed by atoms with Crippen LogP contribution < -0.4 is 5.32 Å². The largest absolute Gasteiger partial charge is 0.505 e. The Bertz CT molecular complexity index is 1290. The highest BCUT2D eigenvalue weighted by molar-refractivity contribution is 8.18. The number of amidine groups is 1. The van der Waals surface area contributed by atoms with E-state index in [2.05, 4.69) is 15.2 Å².